The number of ether oxygens (including phenoxy) is 3. The molecule has 0 aromatic heterocycles. The lowest BCUT2D eigenvalue weighted by molar-refractivity contribution is -0.151. The monoisotopic (exact) mass is 320 g/mol. The number of aliphatic hydroxyl groups excluding tert-OH is 1. The predicted octanol–water partition coefficient (Wildman–Crippen LogP) is 2.62. The number of esters is 1. The Labute approximate surface area is 133 Å². The molecular weight excluding hydrogens is 303 g/mol. The highest BCUT2D eigenvalue weighted by molar-refractivity contribution is 5.77. The molecule has 1 atom stereocenters. The number of carbonyl (C=O) groups excluding carboxylic acids is 1. The molecule has 0 amide bonds. The van der Waals surface area contributed by atoms with Gasteiger partial charge in [-0.15, -0.1) is 0 Å². The Bertz CT molecular complexity index is 672. The summed E-state index contributed by atoms with van der Waals surface area (Å²) in [7, 11) is 2.42. The molecule has 122 valence electrons. The summed E-state index contributed by atoms with van der Waals surface area (Å²) < 4.78 is 29.5. The van der Waals surface area contributed by atoms with E-state index in [0.29, 0.717) is 0 Å². The molecule has 0 saturated heterocycles. The number of aliphatic hydroxyl groups is 1. The van der Waals surface area contributed by atoms with Crippen molar-refractivity contribution in [2.24, 2.45) is 0 Å². The zero-order valence-electron chi connectivity index (χ0n) is 12.8. The number of carbonyl (C=O) groups is 1. The Kier molecular flexibility index (Phi) is 5.54. The van der Waals surface area contributed by atoms with Gasteiger partial charge in [-0.05, 0) is 17.7 Å². The molecule has 6 heteroatoms. The van der Waals surface area contributed by atoms with Gasteiger partial charge in [-0.1, -0.05) is 30.3 Å². The number of benzene rings is 2. The molecule has 0 bridgehead atoms. The van der Waals surface area contributed by atoms with E-state index in [1.54, 1.807) is 0 Å². The third-order valence-corrected chi connectivity index (χ3v) is 3.26. The van der Waals surface area contributed by atoms with E-state index in [1.165, 1.54) is 19.2 Å². The highest BCUT2D eigenvalue weighted by atomic mass is 19.1. The molecule has 23 heavy (non-hydrogen) atoms. The van der Waals surface area contributed by atoms with E-state index in [2.05, 4.69) is 4.74 Å². The third kappa shape index (κ3) is 3.78. The topological polar surface area (TPSA) is 65.0 Å². The van der Waals surface area contributed by atoms with Crippen LogP contribution in [0.3, 0.4) is 0 Å². The van der Waals surface area contributed by atoms with E-state index in [-0.39, 0.29) is 23.7 Å². The second kappa shape index (κ2) is 7.60. The lowest BCUT2D eigenvalue weighted by Crippen LogP contribution is -2.16. The zero-order chi connectivity index (χ0) is 16.8. The average Bonchev–Trinajstić information content (AvgIpc) is 2.60. The van der Waals surface area contributed by atoms with Crippen LogP contribution in [-0.4, -0.2) is 25.3 Å². The SMILES string of the molecule is COC(=O)C(O)c1c(OC)ccc(OCc2ccccc2)c1F. The van der Waals surface area contributed by atoms with Crippen LogP contribution in [0.2, 0.25) is 0 Å². The first-order valence-corrected chi connectivity index (χ1v) is 6.87. The smallest absolute Gasteiger partial charge is 0.339 e. The van der Waals surface area contributed by atoms with Gasteiger partial charge in [0.15, 0.2) is 17.7 Å². The van der Waals surface area contributed by atoms with Gasteiger partial charge in [0, 0.05) is 0 Å². The second-order valence-corrected chi connectivity index (χ2v) is 4.69. The van der Waals surface area contributed by atoms with Gasteiger partial charge < -0.3 is 19.3 Å². The van der Waals surface area contributed by atoms with E-state index >= 15 is 0 Å². The summed E-state index contributed by atoms with van der Waals surface area (Å²) in [5.74, 6) is -1.90. The van der Waals surface area contributed by atoms with E-state index in [1.807, 2.05) is 30.3 Å². The van der Waals surface area contributed by atoms with Crippen molar-refractivity contribution in [3.8, 4) is 11.5 Å². The number of hydrogen-bond donors (Lipinski definition) is 1. The standard InChI is InChI=1S/C17H17FO5/c1-21-12-8-9-13(23-10-11-6-4-3-5-7-11)15(18)14(12)16(19)17(20)22-2/h3-9,16,19H,10H2,1-2H3. The maximum absolute atomic E-state index is 14.6. The van der Waals surface area contributed by atoms with Crippen molar-refractivity contribution in [2.75, 3.05) is 14.2 Å². The fourth-order valence-electron chi connectivity index (χ4n) is 2.06. The van der Waals surface area contributed by atoms with Gasteiger partial charge in [0.2, 0.25) is 0 Å². The highest BCUT2D eigenvalue weighted by Gasteiger charge is 2.28. The van der Waals surface area contributed by atoms with Gasteiger partial charge in [-0.2, -0.15) is 0 Å². The minimum absolute atomic E-state index is 0.0347. The molecule has 0 radical (unpaired) electrons. The first-order valence-electron chi connectivity index (χ1n) is 6.87. The van der Waals surface area contributed by atoms with Crippen LogP contribution in [0.15, 0.2) is 42.5 Å². The quantitative estimate of drug-likeness (QED) is 0.829. The Morgan fingerprint density at radius 2 is 1.78 bits per heavy atom. The Balaban J connectivity index is 2.29. The maximum Gasteiger partial charge on any atom is 0.339 e. The maximum atomic E-state index is 14.6. The zero-order valence-corrected chi connectivity index (χ0v) is 12.8. The van der Waals surface area contributed by atoms with Crippen molar-refractivity contribution in [2.45, 2.75) is 12.7 Å². The van der Waals surface area contributed by atoms with Crippen molar-refractivity contribution in [1.82, 2.24) is 0 Å². The number of rotatable bonds is 6. The lowest BCUT2D eigenvalue weighted by atomic mass is 10.1. The Morgan fingerprint density at radius 3 is 2.39 bits per heavy atom. The molecule has 0 spiro atoms. The third-order valence-electron chi connectivity index (χ3n) is 3.26. The summed E-state index contributed by atoms with van der Waals surface area (Å²) in [4.78, 5) is 11.5. The molecule has 2 aromatic carbocycles. The van der Waals surface area contributed by atoms with Crippen molar-refractivity contribution in [3.63, 3.8) is 0 Å². The molecule has 0 fully saturated rings. The molecule has 2 aromatic rings. The van der Waals surface area contributed by atoms with Crippen molar-refractivity contribution >= 4 is 5.97 Å². The van der Waals surface area contributed by atoms with Crippen LogP contribution in [0, 0.1) is 5.82 Å². The normalized spacial score (nSPS) is 11.7. The van der Waals surface area contributed by atoms with E-state index in [0.717, 1.165) is 12.7 Å². The summed E-state index contributed by atoms with van der Waals surface area (Å²) in [5, 5.41) is 9.94. The van der Waals surface area contributed by atoms with Crippen LogP contribution in [-0.2, 0) is 16.1 Å². The molecule has 1 N–H and O–H groups in total. The number of methoxy groups -OCH3 is 2. The number of halogens is 1. The molecule has 5 nitrogen and oxygen atoms in total. The van der Waals surface area contributed by atoms with E-state index in [4.69, 9.17) is 9.47 Å². The van der Waals surface area contributed by atoms with E-state index < -0.39 is 17.9 Å². The lowest BCUT2D eigenvalue weighted by Gasteiger charge is -2.16. The minimum Gasteiger partial charge on any atom is -0.496 e. The van der Waals surface area contributed by atoms with Crippen molar-refractivity contribution < 1.29 is 28.5 Å². The first kappa shape index (κ1) is 16.8. The molecular formula is C17H17FO5. The van der Waals surface area contributed by atoms with Gasteiger partial charge in [-0.25, -0.2) is 9.18 Å². The summed E-state index contributed by atoms with van der Waals surface area (Å²) in [6.07, 6.45) is -1.80. The largest absolute Gasteiger partial charge is 0.496 e. The molecule has 0 heterocycles. The molecule has 0 aliphatic rings. The first-order chi connectivity index (χ1) is 11.1. The fraction of sp³-hybridized carbons (Fsp3) is 0.235. The van der Waals surface area contributed by atoms with Crippen LogP contribution in [0.4, 0.5) is 4.39 Å². The number of hydrogen-bond acceptors (Lipinski definition) is 5. The van der Waals surface area contributed by atoms with Gasteiger partial charge in [0.1, 0.15) is 12.4 Å². The second-order valence-electron chi connectivity index (χ2n) is 4.69. The van der Waals surface area contributed by atoms with E-state index in [9.17, 15) is 14.3 Å². The molecule has 2 rings (SSSR count). The van der Waals surface area contributed by atoms with Crippen LogP contribution in [0.25, 0.3) is 0 Å². The van der Waals surface area contributed by atoms with Crippen LogP contribution in [0.1, 0.15) is 17.2 Å². The van der Waals surface area contributed by atoms with Crippen molar-refractivity contribution in [3.05, 3.63) is 59.4 Å². The summed E-state index contributed by atoms with van der Waals surface area (Å²) in [6.45, 7) is 0.151. The van der Waals surface area contributed by atoms with Gasteiger partial charge in [0.05, 0.1) is 19.8 Å². The van der Waals surface area contributed by atoms with Gasteiger partial charge >= 0.3 is 5.97 Å². The minimum atomic E-state index is -1.80. The fourth-order valence-corrected chi connectivity index (χ4v) is 2.06. The summed E-state index contributed by atoms with van der Waals surface area (Å²) in [5.41, 5.74) is 0.544. The molecule has 0 aliphatic heterocycles. The predicted molar refractivity (Wildman–Crippen MR) is 80.7 cm³/mol. The highest BCUT2D eigenvalue weighted by Crippen LogP contribution is 2.34. The van der Waals surface area contributed by atoms with Gasteiger partial charge in [-0.3, -0.25) is 0 Å². The molecule has 0 saturated carbocycles. The Hall–Kier alpha value is -2.60. The van der Waals surface area contributed by atoms with Crippen molar-refractivity contribution in [1.29, 1.82) is 0 Å². The summed E-state index contributed by atoms with van der Waals surface area (Å²) >= 11 is 0. The van der Waals surface area contributed by atoms with Crippen LogP contribution < -0.4 is 9.47 Å². The average molecular weight is 320 g/mol. The summed E-state index contributed by atoms with van der Waals surface area (Å²) in [6, 6.07) is 12.0. The van der Waals surface area contributed by atoms with Crippen LogP contribution in [0.5, 0.6) is 11.5 Å². The van der Waals surface area contributed by atoms with Crippen LogP contribution >= 0.6 is 0 Å². The molecule has 0 aliphatic carbocycles. The Morgan fingerprint density at radius 1 is 1.13 bits per heavy atom. The van der Waals surface area contributed by atoms with Gasteiger partial charge in [0.25, 0.3) is 0 Å². The molecule has 1 unspecified atom stereocenters.